The number of aliphatic hydroxyl groups excluding tert-OH is 1. The van der Waals surface area contributed by atoms with Crippen LogP contribution in [0.25, 0.3) is 0 Å². The molecule has 0 aromatic heterocycles. The molecule has 0 saturated heterocycles. The maximum atomic E-state index is 10.5. The largest absolute Gasteiger partial charge is 0.497 e. The molecule has 1 N–H and O–H groups in total. The summed E-state index contributed by atoms with van der Waals surface area (Å²) in [5, 5.41) is 10.5. The standard InChI is InChI=1S/C15H22O3/c1-17-12-8-9-13(14(10-12)18-2)15(16)11-6-4-3-5-7-11/h8-11,15-16H,3-7H2,1-2H3. The van der Waals surface area contributed by atoms with Gasteiger partial charge in [-0.3, -0.25) is 0 Å². The van der Waals surface area contributed by atoms with Crippen LogP contribution >= 0.6 is 0 Å². The molecule has 0 radical (unpaired) electrons. The number of hydrogen-bond donors (Lipinski definition) is 1. The maximum absolute atomic E-state index is 10.5. The van der Waals surface area contributed by atoms with Crippen LogP contribution in [0, 0.1) is 5.92 Å². The highest BCUT2D eigenvalue weighted by molar-refractivity contribution is 5.42. The summed E-state index contributed by atoms with van der Waals surface area (Å²) in [5.41, 5.74) is 0.880. The Morgan fingerprint density at radius 2 is 1.83 bits per heavy atom. The molecule has 1 aliphatic carbocycles. The molecule has 0 aliphatic heterocycles. The van der Waals surface area contributed by atoms with Crippen LogP contribution in [0.4, 0.5) is 0 Å². The van der Waals surface area contributed by atoms with E-state index in [1.807, 2.05) is 18.2 Å². The van der Waals surface area contributed by atoms with E-state index in [1.54, 1.807) is 14.2 Å². The molecule has 1 aliphatic rings. The lowest BCUT2D eigenvalue weighted by Gasteiger charge is -2.27. The first-order valence-electron chi connectivity index (χ1n) is 6.66. The van der Waals surface area contributed by atoms with Crippen LogP contribution in [0.15, 0.2) is 18.2 Å². The van der Waals surface area contributed by atoms with Crippen LogP contribution in [0.2, 0.25) is 0 Å². The lowest BCUT2D eigenvalue weighted by molar-refractivity contribution is 0.0824. The zero-order chi connectivity index (χ0) is 13.0. The lowest BCUT2D eigenvalue weighted by atomic mass is 9.82. The summed E-state index contributed by atoms with van der Waals surface area (Å²) in [4.78, 5) is 0. The van der Waals surface area contributed by atoms with E-state index in [9.17, 15) is 5.11 Å². The summed E-state index contributed by atoms with van der Waals surface area (Å²) in [6.07, 6.45) is 5.53. The summed E-state index contributed by atoms with van der Waals surface area (Å²) >= 11 is 0. The van der Waals surface area contributed by atoms with E-state index in [0.29, 0.717) is 11.7 Å². The molecular weight excluding hydrogens is 228 g/mol. The van der Waals surface area contributed by atoms with Crippen molar-refractivity contribution in [2.24, 2.45) is 5.92 Å². The van der Waals surface area contributed by atoms with Gasteiger partial charge in [0.05, 0.1) is 20.3 Å². The van der Waals surface area contributed by atoms with Crippen molar-refractivity contribution in [2.45, 2.75) is 38.2 Å². The van der Waals surface area contributed by atoms with Gasteiger partial charge < -0.3 is 14.6 Å². The minimum absolute atomic E-state index is 0.362. The molecule has 18 heavy (non-hydrogen) atoms. The predicted molar refractivity (Wildman–Crippen MR) is 71.1 cm³/mol. The summed E-state index contributed by atoms with van der Waals surface area (Å²) < 4.78 is 10.5. The van der Waals surface area contributed by atoms with Crippen molar-refractivity contribution in [3.05, 3.63) is 23.8 Å². The van der Waals surface area contributed by atoms with Crippen LogP contribution in [0.5, 0.6) is 11.5 Å². The first-order chi connectivity index (χ1) is 8.76. The third kappa shape index (κ3) is 2.78. The normalized spacial score (nSPS) is 18.4. The minimum Gasteiger partial charge on any atom is -0.497 e. The molecule has 0 bridgehead atoms. The molecule has 1 aromatic rings. The zero-order valence-electron chi connectivity index (χ0n) is 11.2. The fourth-order valence-electron chi connectivity index (χ4n) is 2.77. The van der Waals surface area contributed by atoms with E-state index in [4.69, 9.17) is 9.47 Å². The summed E-state index contributed by atoms with van der Waals surface area (Å²) in [7, 11) is 3.26. The molecule has 3 heteroatoms. The van der Waals surface area contributed by atoms with Crippen LogP contribution in [-0.2, 0) is 0 Å². The molecule has 1 fully saturated rings. The van der Waals surface area contributed by atoms with E-state index in [2.05, 4.69) is 0 Å². The third-order valence-corrected chi connectivity index (χ3v) is 3.86. The number of ether oxygens (including phenoxy) is 2. The van der Waals surface area contributed by atoms with Gasteiger partial charge in [0.1, 0.15) is 11.5 Å². The van der Waals surface area contributed by atoms with Gasteiger partial charge in [-0.2, -0.15) is 0 Å². The third-order valence-electron chi connectivity index (χ3n) is 3.86. The summed E-state index contributed by atoms with van der Waals surface area (Å²) in [6.45, 7) is 0. The smallest absolute Gasteiger partial charge is 0.128 e. The molecule has 1 unspecified atom stereocenters. The van der Waals surface area contributed by atoms with Crippen molar-refractivity contribution in [2.75, 3.05) is 14.2 Å². The Labute approximate surface area is 109 Å². The Bertz CT molecular complexity index is 383. The molecule has 2 rings (SSSR count). The Morgan fingerprint density at radius 3 is 2.44 bits per heavy atom. The highest BCUT2D eigenvalue weighted by atomic mass is 16.5. The SMILES string of the molecule is COc1ccc(C(O)C2CCCCC2)c(OC)c1. The molecule has 0 amide bonds. The van der Waals surface area contributed by atoms with Crippen molar-refractivity contribution in [1.82, 2.24) is 0 Å². The Hall–Kier alpha value is -1.22. The molecular formula is C15H22O3. The summed E-state index contributed by atoms with van der Waals surface area (Å²) in [6, 6.07) is 5.63. The predicted octanol–water partition coefficient (Wildman–Crippen LogP) is 3.32. The Morgan fingerprint density at radius 1 is 1.11 bits per heavy atom. The first-order valence-corrected chi connectivity index (χ1v) is 6.66. The molecule has 100 valence electrons. The van der Waals surface area contributed by atoms with Gasteiger partial charge in [-0.15, -0.1) is 0 Å². The Balaban J connectivity index is 2.20. The van der Waals surface area contributed by atoms with Crippen molar-refractivity contribution < 1.29 is 14.6 Å². The number of aliphatic hydroxyl groups is 1. The first kappa shape index (κ1) is 13.2. The van der Waals surface area contributed by atoms with Crippen molar-refractivity contribution in [1.29, 1.82) is 0 Å². The van der Waals surface area contributed by atoms with Gasteiger partial charge in [-0.1, -0.05) is 19.3 Å². The fraction of sp³-hybridized carbons (Fsp3) is 0.600. The van der Waals surface area contributed by atoms with Crippen molar-refractivity contribution in [3.8, 4) is 11.5 Å². The molecule has 1 saturated carbocycles. The second kappa shape index (κ2) is 6.10. The maximum Gasteiger partial charge on any atom is 0.128 e. The quantitative estimate of drug-likeness (QED) is 0.891. The van der Waals surface area contributed by atoms with Gasteiger partial charge >= 0.3 is 0 Å². The van der Waals surface area contributed by atoms with E-state index >= 15 is 0 Å². The highest BCUT2D eigenvalue weighted by Gasteiger charge is 2.25. The number of hydrogen-bond acceptors (Lipinski definition) is 3. The molecule has 1 atom stereocenters. The summed E-state index contributed by atoms with van der Waals surface area (Å²) in [5.74, 6) is 1.83. The average molecular weight is 250 g/mol. The van der Waals surface area contributed by atoms with E-state index < -0.39 is 6.10 Å². The van der Waals surface area contributed by atoms with Gasteiger partial charge in [-0.25, -0.2) is 0 Å². The van der Waals surface area contributed by atoms with Gasteiger partial charge in [0.25, 0.3) is 0 Å². The monoisotopic (exact) mass is 250 g/mol. The van der Waals surface area contributed by atoms with Gasteiger partial charge in [0.15, 0.2) is 0 Å². The topological polar surface area (TPSA) is 38.7 Å². The molecule has 0 spiro atoms. The molecule has 0 heterocycles. The fourth-order valence-corrected chi connectivity index (χ4v) is 2.77. The van der Waals surface area contributed by atoms with Crippen LogP contribution in [0.3, 0.4) is 0 Å². The minimum atomic E-state index is -0.425. The van der Waals surface area contributed by atoms with Crippen LogP contribution in [-0.4, -0.2) is 19.3 Å². The van der Waals surface area contributed by atoms with Crippen LogP contribution in [0.1, 0.15) is 43.8 Å². The molecule has 3 nitrogen and oxygen atoms in total. The van der Waals surface area contributed by atoms with Crippen molar-refractivity contribution >= 4 is 0 Å². The second-order valence-electron chi connectivity index (χ2n) is 4.95. The Kier molecular flexibility index (Phi) is 4.48. The van der Waals surface area contributed by atoms with Gasteiger partial charge in [-0.05, 0) is 30.9 Å². The highest BCUT2D eigenvalue weighted by Crippen LogP contribution is 2.38. The number of methoxy groups -OCH3 is 2. The molecule has 1 aromatic carbocycles. The second-order valence-corrected chi connectivity index (χ2v) is 4.95. The van der Waals surface area contributed by atoms with E-state index in [-0.39, 0.29) is 0 Å². The van der Waals surface area contributed by atoms with E-state index in [0.717, 1.165) is 24.2 Å². The zero-order valence-corrected chi connectivity index (χ0v) is 11.2. The number of benzene rings is 1. The average Bonchev–Trinajstić information content (AvgIpc) is 2.46. The van der Waals surface area contributed by atoms with Gasteiger partial charge in [0, 0.05) is 11.6 Å². The number of rotatable bonds is 4. The lowest BCUT2D eigenvalue weighted by Crippen LogP contribution is -2.16. The van der Waals surface area contributed by atoms with Crippen molar-refractivity contribution in [3.63, 3.8) is 0 Å². The van der Waals surface area contributed by atoms with Gasteiger partial charge in [0.2, 0.25) is 0 Å². The van der Waals surface area contributed by atoms with Crippen LogP contribution < -0.4 is 9.47 Å². The van der Waals surface area contributed by atoms with E-state index in [1.165, 1.54) is 19.3 Å².